The lowest BCUT2D eigenvalue weighted by atomic mass is 10.3. The van der Waals surface area contributed by atoms with E-state index in [1.165, 1.54) is 11.8 Å². The van der Waals surface area contributed by atoms with Gasteiger partial charge in [-0.1, -0.05) is 18.7 Å². The molecule has 1 heterocycles. The second kappa shape index (κ2) is 4.21. The van der Waals surface area contributed by atoms with Crippen molar-refractivity contribution in [2.45, 2.75) is 25.6 Å². The third-order valence-corrected chi connectivity index (χ3v) is 2.73. The van der Waals surface area contributed by atoms with Gasteiger partial charge in [0.2, 0.25) is 0 Å². The molecule has 1 aliphatic rings. The third-order valence-electron chi connectivity index (χ3n) is 1.64. The van der Waals surface area contributed by atoms with Gasteiger partial charge in [-0.05, 0) is 6.42 Å². The molecule has 0 aromatic rings. The molecule has 1 unspecified atom stereocenters. The molecule has 0 aromatic carbocycles. The van der Waals surface area contributed by atoms with Crippen LogP contribution in [0.25, 0.3) is 0 Å². The van der Waals surface area contributed by atoms with Crippen molar-refractivity contribution in [2.24, 2.45) is 4.99 Å². The molecule has 0 bridgehead atoms. The van der Waals surface area contributed by atoms with E-state index in [-0.39, 0.29) is 6.04 Å². The quantitative estimate of drug-likeness (QED) is 0.757. The summed E-state index contributed by atoms with van der Waals surface area (Å²) in [6, 6.07) is 0.275. The molecule has 0 radical (unpaired) electrons. The highest BCUT2D eigenvalue weighted by atomic mass is 32.2. The predicted octanol–water partition coefficient (Wildman–Crippen LogP) is 2.02. The zero-order valence-corrected chi connectivity index (χ0v) is 8.00. The molecular weight excluding hydrogens is 201 g/mol. The molecule has 13 heavy (non-hydrogen) atoms. The lowest BCUT2D eigenvalue weighted by molar-refractivity contribution is -0.118. The molecule has 0 spiro atoms. The van der Waals surface area contributed by atoms with Crippen LogP contribution in [-0.4, -0.2) is 29.7 Å². The van der Waals surface area contributed by atoms with Crippen LogP contribution in [0, 0.1) is 0 Å². The molecule has 0 amide bonds. The minimum atomic E-state index is -4.19. The van der Waals surface area contributed by atoms with E-state index in [4.69, 9.17) is 0 Å². The van der Waals surface area contributed by atoms with E-state index < -0.39 is 12.7 Å². The fraction of sp³-hybridized carbons (Fsp3) is 0.857. The Balaban J connectivity index is 2.37. The molecule has 0 aliphatic carbocycles. The highest BCUT2D eigenvalue weighted by Gasteiger charge is 2.28. The third kappa shape index (κ3) is 3.89. The standard InChI is InChI=1S/C7H11F3N2S/c1-2-5-3-13-6(12-5)11-4-7(8,9)10/h5H,2-4H2,1H3,(H,11,12). The van der Waals surface area contributed by atoms with Gasteiger partial charge in [0.1, 0.15) is 6.54 Å². The number of rotatable bonds is 2. The summed E-state index contributed by atoms with van der Waals surface area (Å²) in [6.07, 6.45) is -3.28. The van der Waals surface area contributed by atoms with Crippen LogP contribution in [0.4, 0.5) is 13.2 Å². The Labute approximate surface area is 79.0 Å². The number of alkyl halides is 3. The highest BCUT2D eigenvalue weighted by Crippen LogP contribution is 2.19. The van der Waals surface area contributed by atoms with E-state index in [0.717, 1.165) is 12.2 Å². The lowest BCUT2D eigenvalue weighted by Crippen LogP contribution is -2.26. The highest BCUT2D eigenvalue weighted by molar-refractivity contribution is 8.14. The smallest absolute Gasteiger partial charge is 0.361 e. The molecule has 1 rings (SSSR count). The molecule has 1 saturated heterocycles. The first-order valence-electron chi connectivity index (χ1n) is 4.02. The first-order valence-corrected chi connectivity index (χ1v) is 5.00. The maximum absolute atomic E-state index is 11.7. The topological polar surface area (TPSA) is 24.4 Å². The van der Waals surface area contributed by atoms with Gasteiger partial charge in [-0.15, -0.1) is 0 Å². The Morgan fingerprint density at radius 1 is 1.62 bits per heavy atom. The van der Waals surface area contributed by atoms with E-state index in [1.807, 2.05) is 6.92 Å². The maximum atomic E-state index is 11.7. The molecule has 0 saturated carbocycles. The van der Waals surface area contributed by atoms with Crippen LogP contribution in [0.2, 0.25) is 0 Å². The van der Waals surface area contributed by atoms with Crippen molar-refractivity contribution in [2.75, 3.05) is 12.3 Å². The average Bonchev–Trinajstić information content (AvgIpc) is 2.47. The van der Waals surface area contributed by atoms with Gasteiger partial charge in [0.15, 0.2) is 5.17 Å². The summed E-state index contributed by atoms with van der Waals surface area (Å²) in [5.41, 5.74) is 0. The van der Waals surface area contributed by atoms with Crippen molar-refractivity contribution in [3.05, 3.63) is 0 Å². The van der Waals surface area contributed by atoms with Crippen LogP contribution in [0.5, 0.6) is 0 Å². The number of nitrogens with one attached hydrogen (secondary N) is 1. The Bertz CT molecular complexity index is 202. The van der Waals surface area contributed by atoms with Crippen LogP contribution in [-0.2, 0) is 0 Å². The molecule has 1 fully saturated rings. The van der Waals surface area contributed by atoms with Gasteiger partial charge in [0.05, 0.1) is 0 Å². The van der Waals surface area contributed by atoms with Gasteiger partial charge in [0.25, 0.3) is 0 Å². The van der Waals surface area contributed by atoms with Gasteiger partial charge in [-0.2, -0.15) is 13.2 Å². The Morgan fingerprint density at radius 2 is 2.31 bits per heavy atom. The van der Waals surface area contributed by atoms with E-state index >= 15 is 0 Å². The number of amidine groups is 1. The zero-order chi connectivity index (χ0) is 9.90. The molecule has 1 aliphatic heterocycles. The fourth-order valence-corrected chi connectivity index (χ4v) is 1.99. The molecule has 1 N–H and O–H groups in total. The van der Waals surface area contributed by atoms with Gasteiger partial charge < -0.3 is 5.32 Å². The summed E-state index contributed by atoms with van der Waals surface area (Å²) >= 11 is 1.35. The molecule has 76 valence electrons. The van der Waals surface area contributed by atoms with Crippen molar-refractivity contribution < 1.29 is 13.2 Å². The molecular formula is C7H11F3N2S. The number of aliphatic imine (C=N–C) groups is 1. The number of hydrogen-bond acceptors (Lipinski definition) is 2. The number of nitrogens with zero attached hydrogens (tertiary/aromatic N) is 1. The molecule has 2 nitrogen and oxygen atoms in total. The second-order valence-electron chi connectivity index (χ2n) is 2.80. The van der Waals surface area contributed by atoms with Gasteiger partial charge >= 0.3 is 6.18 Å². The van der Waals surface area contributed by atoms with Crippen LogP contribution in [0.15, 0.2) is 4.99 Å². The van der Waals surface area contributed by atoms with Crippen molar-refractivity contribution in [1.29, 1.82) is 0 Å². The van der Waals surface area contributed by atoms with Crippen molar-refractivity contribution in [3.8, 4) is 0 Å². The molecule has 1 atom stereocenters. The van der Waals surface area contributed by atoms with Crippen LogP contribution < -0.4 is 5.32 Å². The van der Waals surface area contributed by atoms with Crippen molar-refractivity contribution >= 4 is 16.9 Å². The largest absolute Gasteiger partial charge is 0.408 e. The Morgan fingerprint density at radius 3 is 2.77 bits per heavy atom. The predicted molar refractivity (Wildman–Crippen MR) is 48.0 cm³/mol. The summed E-state index contributed by atoms with van der Waals surface area (Å²) < 4.78 is 35.2. The summed E-state index contributed by atoms with van der Waals surface area (Å²) in [5, 5.41) is 3.35. The normalized spacial score (nSPS) is 26.5. The minimum absolute atomic E-state index is 0.275. The number of halogens is 3. The lowest BCUT2D eigenvalue weighted by Gasteiger charge is -2.05. The van der Waals surface area contributed by atoms with Crippen LogP contribution in [0.1, 0.15) is 13.3 Å². The summed E-state index contributed by atoms with van der Waals surface area (Å²) in [4.78, 5) is 3.44. The molecule has 0 aromatic heterocycles. The van der Waals surface area contributed by atoms with Gasteiger partial charge in [0, 0.05) is 11.8 Å². The zero-order valence-electron chi connectivity index (χ0n) is 7.19. The summed E-state index contributed by atoms with van der Waals surface area (Å²) in [6.45, 7) is 0.906. The van der Waals surface area contributed by atoms with Crippen LogP contribution in [0.3, 0.4) is 0 Å². The maximum Gasteiger partial charge on any atom is 0.408 e. The summed E-state index contributed by atoms with van der Waals surface area (Å²) in [5.74, 6) is 0.813. The first-order chi connectivity index (χ1) is 6.01. The van der Waals surface area contributed by atoms with Gasteiger partial charge in [-0.3, -0.25) is 4.99 Å². The summed E-state index contributed by atoms with van der Waals surface area (Å²) in [7, 11) is 0. The van der Waals surface area contributed by atoms with Crippen molar-refractivity contribution in [3.63, 3.8) is 0 Å². The first kappa shape index (κ1) is 10.7. The fourth-order valence-electron chi connectivity index (χ4n) is 0.910. The van der Waals surface area contributed by atoms with E-state index in [9.17, 15) is 13.2 Å². The van der Waals surface area contributed by atoms with E-state index in [0.29, 0.717) is 5.17 Å². The van der Waals surface area contributed by atoms with Crippen molar-refractivity contribution in [1.82, 2.24) is 5.32 Å². The van der Waals surface area contributed by atoms with E-state index in [2.05, 4.69) is 10.3 Å². The van der Waals surface area contributed by atoms with E-state index in [1.54, 1.807) is 0 Å². The molecule has 6 heteroatoms. The SMILES string of the molecule is CCC1CSC(=NCC(F)(F)F)N1. The number of hydrogen-bond donors (Lipinski definition) is 1. The Hall–Kier alpha value is -0.390. The monoisotopic (exact) mass is 212 g/mol. The number of thioether (sulfide) groups is 1. The second-order valence-corrected chi connectivity index (χ2v) is 3.81. The average molecular weight is 212 g/mol. The Kier molecular flexibility index (Phi) is 3.47. The van der Waals surface area contributed by atoms with Gasteiger partial charge in [-0.25, -0.2) is 0 Å². The minimum Gasteiger partial charge on any atom is -0.361 e. The van der Waals surface area contributed by atoms with Crippen LogP contribution >= 0.6 is 11.8 Å².